The molecular weight excluding hydrogens is 364 g/mol. The van der Waals surface area contributed by atoms with E-state index < -0.39 is 0 Å². The number of aromatic nitrogens is 2. The van der Waals surface area contributed by atoms with Gasteiger partial charge in [-0.05, 0) is 48.9 Å². The molecule has 2 aliphatic rings. The van der Waals surface area contributed by atoms with Gasteiger partial charge in [0.25, 0.3) is 0 Å². The Kier molecular flexibility index (Phi) is 4.96. The fraction of sp³-hybridized carbons (Fsp3) is 0.348. The fourth-order valence-electron chi connectivity index (χ4n) is 4.06. The number of rotatable bonds is 5. The quantitative estimate of drug-likeness (QED) is 0.669. The second-order valence-electron chi connectivity index (χ2n) is 7.75. The van der Waals surface area contributed by atoms with Crippen LogP contribution in [0.3, 0.4) is 0 Å². The van der Waals surface area contributed by atoms with Gasteiger partial charge >= 0.3 is 0 Å². The molecule has 3 aromatic rings. The molecule has 0 atom stereocenters. The van der Waals surface area contributed by atoms with Crippen LogP contribution in [0.5, 0.6) is 11.5 Å². The van der Waals surface area contributed by atoms with Crippen LogP contribution in [0.25, 0.3) is 5.82 Å². The number of fused-ring (bicyclic) bond motifs is 1. The van der Waals surface area contributed by atoms with E-state index in [2.05, 4.69) is 61.9 Å². The van der Waals surface area contributed by atoms with Gasteiger partial charge in [-0.25, -0.2) is 4.98 Å². The first-order chi connectivity index (χ1) is 14.2. The SMILES string of the molecule is Cc1cccc(-n2cccc2CN2CCN(Cc3ccc4c(c3)OCO4)CC2)n1. The summed E-state index contributed by atoms with van der Waals surface area (Å²) in [6.07, 6.45) is 2.10. The Morgan fingerprint density at radius 1 is 0.862 bits per heavy atom. The van der Waals surface area contributed by atoms with Crippen molar-refractivity contribution >= 4 is 0 Å². The molecule has 0 bridgehead atoms. The first kappa shape index (κ1) is 18.2. The van der Waals surface area contributed by atoms with Gasteiger partial charge in [0, 0.05) is 56.9 Å². The summed E-state index contributed by atoms with van der Waals surface area (Å²) < 4.78 is 13.1. The largest absolute Gasteiger partial charge is 0.454 e. The van der Waals surface area contributed by atoms with Gasteiger partial charge in [0.05, 0.1) is 0 Å². The number of ether oxygens (including phenoxy) is 2. The van der Waals surface area contributed by atoms with Gasteiger partial charge in [-0.15, -0.1) is 0 Å². The molecule has 5 rings (SSSR count). The zero-order valence-corrected chi connectivity index (χ0v) is 16.8. The van der Waals surface area contributed by atoms with E-state index in [0.29, 0.717) is 6.79 Å². The predicted octanol–water partition coefficient (Wildman–Crippen LogP) is 3.23. The minimum Gasteiger partial charge on any atom is -0.454 e. The molecule has 0 N–H and O–H groups in total. The fourth-order valence-corrected chi connectivity index (χ4v) is 4.06. The molecule has 1 saturated heterocycles. The van der Waals surface area contributed by atoms with Crippen LogP contribution in [-0.2, 0) is 13.1 Å². The molecule has 0 unspecified atom stereocenters. The molecular formula is C23H26N4O2. The maximum absolute atomic E-state index is 5.50. The van der Waals surface area contributed by atoms with Gasteiger partial charge in [0.2, 0.25) is 6.79 Å². The average Bonchev–Trinajstić information content (AvgIpc) is 3.38. The lowest BCUT2D eigenvalue weighted by molar-refractivity contribution is 0.120. The molecule has 0 aliphatic carbocycles. The minimum atomic E-state index is 0.331. The Balaban J connectivity index is 1.18. The third kappa shape index (κ3) is 3.99. The number of hydrogen-bond acceptors (Lipinski definition) is 5. The topological polar surface area (TPSA) is 42.8 Å². The van der Waals surface area contributed by atoms with Crippen LogP contribution in [0.15, 0.2) is 54.7 Å². The van der Waals surface area contributed by atoms with E-state index in [-0.39, 0.29) is 0 Å². The van der Waals surface area contributed by atoms with Crippen molar-refractivity contribution in [1.29, 1.82) is 0 Å². The maximum atomic E-state index is 5.50. The maximum Gasteiger partial charge on any atom is 0.231 e. The minimum absolute atomic E-state index is 0.331. The Hall–Kier alpha value is -2.83. The highest BCUT2D eigenvalue weighted by molar-refractivity contribution is 5.44. The number of aryl methyl sites for hydroxylation is 1. The van der Waals surface area contributed by atoms with Crippen LogP contribution in [0.2, 0.25) is 0 Å². The third-order valence-corrected chi connectivity index (χ3v) is 5.65. The van der Waals surface area contributed by atoms with Crippen LogP contribution >= 0.6 is 0 Å². The summed E-state index contributed by atoms with van der Waals surface area (Å²) in [5, 5.41) is 0. The molecule has 2 aliphatic heterocycles. The Labute approximate surface area is 171 Å². The normalized spacial score (nSPS) is 17.0. The zero-order valence-electron chi connectivity index (χ0n) is 16.8. The Morgan fingerprint density at radius 3 is 2.48 bits per heavy atom. The van der Waals surface area contributed by atoms with Gasteiger partial charge in [-0.2, -0.15) is 0 Å². The van der Waals surface area contributed by atoms with Gasteiger partial charge in [0.15, 0.2) is 11.5 Å². The van der Waals surface area contributed by atoms with Crippen molar-refractivity contribution in [3.8, 4) is 17.3 Å². The highest BCUT2D eigenvalue weighted by Crippen LogP contribution is 2.32. The predicted molar refractivity (Wildman–Crippen MR) is 111 cm³/mol. The van der Waals surface area contributed by atoms with Crippen LogP contribution in [0.4, 0.5) is 0 Å². The van der Waals surface area contributed by atoms with E-state index in [0.717, 1.165) is 62.3 Å². The summed E-state index contributed by atoms with van der Waals surface area (Å²) in [5.41, 5.74) is 3.61. The molecule has 6 heteroatoms. The summed E-state index contributed by atoms with van der Waals surface area (Å²) in [4.78, 5) is 9.70. The molecule has 0 amide bonds. The molecule has 150 valence electrons. The van der Waals surface area contributed by atoms with Gasteiger partial charge in [-0.3, -0.25) is 9.80 Å². The second kappa shape index (κ2) is 7.89. The lowest BCUT2D eigenvalue weighted by atomic mass is 10.1. The highest BCUT2D eigenvalue weighted by Gasteiger charge is 2.20. The van der Waals surface area contributed by atoms with Crippen molar-refractivity contribution in [2.75, 3.05) is 33.0 Å². The average molecular weight is 390 g/mol. The van der Waals surface area contributed by atoms with Crippen LogP contribution in [0.1, 0.15) is 17.0 Å². The van der Waals surface area contributed by atoms with E-state index >= 15 is 0 Å². The van der Waals surface area contributed by atoms with E-state index in [1.807, 2.05) is 19.1 Å². The summed E-state index contributed by atoms with van der Waals surface area (Å²) >= 11 is 0. The molecule has 0 saturated carbocycles. The summed E-state index contributed by atoms with van der Waals surface area (Å²) in [6, 6.07) is 16.7. The van der Waals surface area contributed by atoms with Crippen molar-refractivity contribution in [3.05, 3.63) is 71.7 Å². The third-order valence-electron chi connectivity index (χ3n) is 5.65. The second-order valence-corrected chi connectivity index (χ2v) is 7.75. The van der Waals surface area contributed by atoms with Gasteiger partial charge in [0.1, 0.15) is 5.82 Å². The number of piperazine rings is 1. The van der Waals surface area contributed by atoms with Crippen LogP contribution in [0, 0.1) is 6.92 Å². The standard InChI is InChI=1S/C23H26N4O2/c1-18-4-2-6-23(24-18)27-9-3-5-20(27)16-26-12-10-25(11-13-26)15-19-7-8-21-22(14-19)29-17-28-21/h2-9,14H,10-13,15-17H2,1H3. The van der Waals surface area contributed by atoms with Crippen molar-refractivity contribution < 1.29 is 9.47 Å². The van der Waals surface area contributed by atoms with Gasteiger partial charge in [-0.1, -0.05) is 12.1 Å². The smallest absolute Gasteiger partial charge is 0.231 e. The summed E-state index contributed by atoms with van der Waals surface area (Å²) in [7, 11) is 0. The van der Waals surface area contributed by atoms with Crippen molar-refractivity contribution in [1.82, 2.24) is 19.4 Å². The van der Waals surface area contributed by atoms with E-state index in [4.69, 9.17) is 9.47 Å². The molecule has 1 aromatic carbocycles. The number of hydrogen-bond donors (Lipinski definition) is 0. The van der Waals surface area contributed by atoms with Crippen molar-refractivity contribution in [2.45, 2.75) is 20.0 Å². The van der Waals surface area contributed by atoms with Gasteiger partial charge < -0.3 is 14.0 Å². The number of benzene rings is 1. The molecule has 0 radical (unpaired) electrons. The zero-order chi connectivity index (χ0) is 19.6. The molecule has 4 heterocycles. The molecule has 2 aromatic heterocycles. The first-order valence-electron chi connectivity index (χ1n) is 10.2. The van der Waals surface area contributed by atoms with E-state index in [1.54, 1.807) is 0 Å². The molecule has 6 nitrogen and oxygen atoms in total. The summed E-state index contributed by atoms with van der Waals surface area (Å²) in [6.45, 7) is 8.53. The monoisotopic (exact) mass is 390 g/mol. The summed E-state index contributed by atoms with van der Waals surface area (Å²) in [5.74, 6) is 2.71. The Morgan fingerprint density at radius 2 is 1.66 bits per heavy atom. The highest BCUT2D eigenvalue weighted by atomic mass is 16.7. The molecule has 1 fully saturated rings. The molecule has 29 heavy (non-hydrogen) atoms. The number of pyridine rings is 1. The van der Waals surface area contributed by atoms with Crippen molar-refractivity contribution in [2.24, 2.45) is 0 Å². The lowest BCUT2D eigenvalue weighted by Crippen LogP contribution is -2.45. The Bertz CT molecular complexity index is 992. The first-order valence-corrected chi connectivity index (χ1v) is 10.2. The lowest BCUT2D eigenvalue weighted by Gasteiger charge is -2.34. The number of nitrogens with zero attached hydrogens (tertiary/aromatic N) is 4. The van der Waals surface area contributed by atoms with Crippen molar-refractivity contribution in [3.63, 3.8) is 0 Å². The van der Waals surface area contributed by atoms with E-state index in [1.165, 1.54) is 11.3 Å². The van der Waals surface area contributed by atoms with E-state index in [9.17, 15) is 0 Å². The molecule has 0 spiro atoms. The van der Waals surface area contributed by atoms with Crippen LogP contribution < -0.4 is 9.47 Å². The van der Waals surface area contributed by atoms with Crippen LogP contribution in [-0.4, -0.2) is 52.3 Å².